The Labute approximate surface area is 154 Å². The molecule has 0 unspecified atom stereocenters. The monoisotopic (exact) mass is 353 g/mol. The second kappa shape index (κ2) is 5.83. The van der Waals surface area contributed by atoms with Crippen molar-refractivity contribution in [2.75, 3.05) is 6.54 Å². The summed E-state index contributed by atoms with van der Waals surface area (Å²) in [6.45, 7) is 6.39. The van der Waals surface area contributed by atoms with E-state index in [9.17, 15) is 0 Å². The minimum absolute atomic E-state index is 0.143. The molecule has 0 amide bonds. The van der Waals surface area contributed by atoms with Crippen LogP contribution in [0.15, 0.2) is 36.7 Å². The number of likely N-dealkylation sites (tertiary alicyclic amines) is 1. The van der Waals surface area contributed by atoms with Crippen molar-refractivity contribution in [3.63, 3.8) is 0 Å². The number of aryl methyl sites for hydroxylation is 1. The van der Waals surface area contributed by atoms with Gasteiger partial charge in [-0.1, -0.05) is 18.2 Å². The number of ether oxygens (including phenoxy) is 2. The van der Waals surface area contributed by atoms with Crippen LogP contribution in [0.25, 0.3) is 0 Å². The Morgan fingerprint density at radius 3 is 2.92 bits per heavy atom. The number of aromatic nitrogens is 2. The average Bonchev–Trinajstić information content (AvgIpc) is 3.20. The van der Waals surface area contributed by atoms with Gasteiger partial charge < -0.3 is 14.0 Å². The summed E-state index contributed by atoms with van der Waals surface area (Å²) in [5.74, 6) is 2.47. The molecule has 0 saturated carbocycles. The van der Waals surface area contributed by atoms with Gasteiger partial charge in [0.15, 0.2) is 0 Å². The number of rotatable bonds is 2. The Morgan fingerprint density at radius 2 is 2.12 bits per heavy atom. The maximum atomic E-state index is 6.71. The van der Waals surface area contributed by atoms with Crippen molar-refractivity contribution >= 4 is 0 Å². The number of para-hydroxylation sites is 1. The molecule has 4 atom stereocenters. The number of hydrogen-bond donors (Lipinski definition) is 0. The van der Waals surface area contributed by atoms with Crippen molar-refractivity contribution in [2.45, 2.75) is 57.1 Å². The SMILES string of the molecule is Cn1ccnc1CN1CC[C@H]2O[C@H]3c4ccccc4OC(C)(C)[C@@H]3C[C@H]21. The summed E-state index contributed by atoms with van der Waals surface area (Å²) in [6, 6.07) is 8.83. The zero-order chi connectivity index (χ0) is 17.9. The fraction of sp³-hybridized carbons (Fsp3) is 0.571. The van der Waals surface area contributed by atoms with E-state index in [1.807, 2.05) is 18.5 Å². The Kier molecular flexibility index (Phi) is 3.66. The van der Waals surface area contributed by atoms with Crippen molar-refractivity contribution in [3.05, 3.63) is 48.0 Å². The third-order valence-corrected chi connectivity index (χ3v) is 6.54. The predicted octanol–water partition coefficient (Wildman–Crippen LogP) is 3.31. The Bertz CT molecular complexity index is 815. The van der Waals surface area contributed by atoms with Crippen molar-refractivity contribution in [3.8, 4) is 5.75 Å². The van der Waals surface area contributed by atoms with Gasteiger partial charge in [0.05, 0.1) is 18.8 Å². The highest BCUT2D eigenvalue weighted by molar-refractivity contribution is 5.39. The van der Waals surface area contributed by atoms with E-state index in [1.54, 1.807) is 0 Å². The summed E-state index contributed by atoms with van der Waals surface area (Å²) in [6.07, 6.45) is 6.56. The summed E-state index contributed by atoms with van der Waals surface area (Å²) in [4.78, 5) is 7.07. The Balaban J connectivity index is 1.43. The molecule has 1 aromatic heterocycles. The minimum atomic E-state index is -0.221. The van der Waals surface area contributed by atoms with Crippen LogP contribution in [0.4, 0.5) is 0 Å². The third kappa shape index (κ3) is 2.48. The van der Waals surface area contributed by atoms with Crippen LogP contribution in [0, 0.1) is 5.92 Å². The van der Waals surface area contributed by atoms with Crippen LogP contribution < -0.4 is 4.74 Å². The lowest BCUT2D eigenvalue weighted by molar-refractivity contribution is -0.162. The van der Waals surface area contributed by atoms with Crippen molar-refractivity contribution in [1.29, 1.82) is 0 Å². The van der Waals surface area contributed by atoms with E-state index >= 15 is 0 Å². The van der Waals surface area contributed by atoms with Gasteiger partial charge in [0.25, 0.3) is 0 Å². The second-order valence-corrected chi connectivity index (χ2v) is 8.46. The standard InChI is InChI=1S/C21H27N3O2/c1-21(2)15-12-16-18(8-10-24(16)13-19-22-9-11-23(19)3)25-20(15)14-6-4-5-7-17(14)26-21/h4-7,9,11,15-16,18,20H,8,10,12-13H2,1-3H3/t15-,16-,18-,20+/m1/s1. The van der Waals surface area contributed by atoms with Crippen LogP contribution in [-0.4, -0.2) is 38.7 Å². The van der Waals surface area contributed by atoms with Crippen LogP contribution in [-0.2, 0) is 18.3 Å². The highest BCUT2D eigenvalue weighted by atomic mass is 16.5. The first-order valence-electron chi connectivity index (χ1n) is 9.66. The average molecular weight is 353 g/mol. The van der Waals surface area contributed by atoms with Crippen molar-refractivity contribution in [1.82, 2.24) is 14.5 Å². The predicted molar refractivity (Wildman–Crippen MR) is 98.9 cm³/mol. The van der Waals surface area contributed by atoms with Crippen LogP contribution >= 0.6 is 0 Å². The Hall–Kier alpha value is -1.85. The fourth-order valence-corrected chi connectivity index (χ4v) is 5.05. The van der Waals surface area contributed by atoms with Gasteiger partial charge in [-0.05, 0) is 32.8 Å². The van der Waals surface area contributed by atoms with Gasteiger partial charge in [0.1, 0.15) is 17.2 Å². The van der Waals surface area contributed by atoms with Crippen LogP contribution in [0.1, 0.15) is 44.2 Å². The number of hydrogen-bond acceptors (Lipinski definition) is 4. The van der Waals surface area contributed by atoms with Gasteiger partial charge in [-0.3, -0.25) is 4.90 Å². The smallest absolute Gasteiger partial charge is 0.125 e. The number of nitrogens with zero attached hydrogens (tertiary/aromatic N) is 3. The number of benzene rings is 1. The third-order valence-electron chi connectivity index (χ3n) is 6.54. The molecule has 3 aliphatic heterocycles. The zero-order valence-electron chi connectivity index (χ0n) is 15.8. The molecule has 5 nitrogen and oxygen atoms in total. The van der Waals surface area contributed by atoms with Gasteiger partial charge in [0, 0.05) is 43.5 Å². The summed E-state index contributed by atoms with van der Waals surface area (Å²) >= 11 is 0. The largest absolute Gasteiger partial charge is 0.487 e. The lowest BCUT2D eigenvalue weighted by Gasteiger charge is -2.50. The minimum Gasteiger partial charge on any atom is -0.487 e. The second-order valence-electron chi connectivity index (χ2n) is 8.46. The van der Waals surface area contributed by atoms with E-state index in [0.717, 1.165) is 37.5 Å². The molecule has 26 heavy (non-hydrogen) atoms. The van der Waals surface area contributed by atoms with Gasteiger partial charge in [0.2, 0.25) is 0 Å². The maximum absolute atomic E-state index is 6.71. The van der Waals surface area contributed by atoms with Gasteiger partial charge >= 0.3 is 0 Å². The van der Waals surface area contributed by atoms with Crippen LogP contribution in [0.3, 0.4) is 0 Å². The molecule has 0 radical (unpaired) electrons. The molecule has 2 aromatic rings. The summed E-state index contributed by atoms with van der Waals surface area (Å²) in [7, 11) is 2.07. The molecule has 4 heterocycles. The topological polar surface area (TPSA) is 39.5 Å². The highest BCUT2D eigenvalue weighted by Crippen LogP contribution is 2.52. The normalized spacial score (nSPS) is 32.4. The first-order valence-corrected chi connectivity index (χ1v) is 9.66. The van der Waals surface area contributed by atoms with Gasteiger partial charge in [-0.2, -0.15) is 0 Å². The molecule has 0 bridgehead atoms. The lowest BCUT2D eigenvalue weighted by atomic mass is 9.74. The van der Waals surface area contributed by atoms with Crippen LogP contribution in [0.5, 0.6) is 5.75 Å². The molecule has 5 heteroatoms. The van der Waals surface area contributed by atoms with E-state index in [2.05, 4.69) is 53.5 Å². The lowest BCUT2D eigenvalue weighted by Crippen LogP contribution is -2.53. The van der Waals surface area contributed by atoms with Crippen molar-refractivity contribution in [2.24, 2.45) is 13.0 Å². The fourth-order valence-electron chi connectivity index (χ4n) is 5.05. The Morgan fingerprint density at radius 1 is 1.27 bits per heavy atom. The molecule has 0 spiro atoms. The molecule has 5 rings (SSSR count). The summed E-state index contributed by atoms with van der Waals surface area (Å²) < 4.78 is 15.2. The quantitative estimate of drug-likeness (QED) is 0.830. The molecule has 2 fully saturated rings. The highest BCUT2D eigenvalue weighted by Gasteiger charge is 2.52. The zero-order valence-corrected chi connectivity index (χ0v) is 15.8. The van der Waals surface area contributed by atoms with E-state index in [-0.39, 0.29) is 11.7 Å². The van der Waals surface area contributed by atoms with Crippen molar-refractivity contribution < 1.29 is 9.47 Å². The maximum Gasteiger partial charge on any atom is 0.125 e. The first kappa shape index (κ1) is 16.3. The molecular formula is C21H27N3O2. The molecule has 2 saturated heterocycles. The first-order chi connectivity index (χ1) is 12.5. The molecule has 138 valence electrons. The summed E-state index contributed by atoms with van der Waals surface area (Å²) in [5.41, 5.74) is 0.999. The van der Waals surface area contributed by atoms with E-state index in [0.29, 0.717) is 18.1 Å². The summed E-state index contributed by atoms with van der Waals surface area (Å²) in [5, 5.41) is 0. The molecule has 0 N–H and O–H groups in total. The van der Waals surface area contributed by atoms with Crippen LogP contribution in [0.2, 0.25) is 0 Å². The molecule has 1 aromatic carbocycles. The number of imidazole rings is 1. The molecule has 3 aliphatic rings. The molecule has 0 aliphatic carbocycles. The van der Waals surface area contributed by atoms with E-state index < -0.39 is 0 Å². The van der Waals surface area contributed by atoms with Gasteiger partial charge in [-0.15, -0.1) is 0 Å². The van der Waals surface area contributed by atoms with E-state index in [4.69, 9.17) is 9.47 Å². The molecular weight excluding hydrogens is 326 g/mol. The van der Waals surface area contributed by atoms with E-state index in [1.165, 1.54) is 5.56 Å². The number of fused-ring (bicyclic) bond motifs is 4. The van der Waals surface area contributed by atoms with Gasteiger partial charge in [-0.25, -0.2) is 4.98 Å².